The Balaban J connectivity index is 1.73. The molecule has 0 radical (unpaired) electrons. The van der Waals surface area contributed by atoms with Crippen LogP contribution >= 0.6 is 11.6 Å². The monoisotopic (exact) mass is 490 g/mol. The SMILES string of the molecule is CCOC(=O)N1CCN(C(=O)C(CCC(=O)OC)NC(=O)c2cc(Cl)c3ccccc3n2)CC1. The first-order chi connectivity index (χ1) is 16.3. The number of nitrogens with zero attached hydrogens (tertiary/aromatic N) is 3. The van der Waals surface area contributed by atoms with Crippen LogP contribution in [0.1, 0.15) is 30.3 Å². The van der Waals surface area contributed by atoms with E-state index >= 15 is 0 Å². The molecule has 1 unspecified atom stereocenters. The fourth-order valence-electron chi connectivity index (χ4n) is 3.65. The average Bonchev–Trinajstić information content (AvgIpc) is 2.86. The van der Waals surface area contributed by atoms with Crippen molar-refractivity contribution in [1.29, 1.82) is 0 Å². The summed E-state index contributed by atoms with van der Waals surface area (Å²) in [7, 11) is 1.26. The van der Waals surface area contributed by atoms with Crippen LogP contribution in [0, 0.1) is 0 Å². The van der Waals surface area contributed by atoms with Gasteiger partial charge in [-0.25, -0.2) is 9.78 Å². The lowest BCUT2D eigenvalue weighted by atomic mass is 10.1. The predicted octanol–water partition coefficient (Wildman–Crippen LogP) is 2.24. The summed E-state index contributed by atoms with van der Waals surface area (Å²) in [5.41, 5.74) is 0.611. The van der Waals surface area contributed by atoms with Crippen molar-refractivity contribution in [3.8, 4) is 0 Å². The van der Waals surface area contributed by atoms with Crippen molar-refractivity contribution < 1.29 is 28.7 Å². The Labute approximate surface area is 202 Å². The number of carbonyl (C=O) groups excluding carboxylic acids is 4. The van der Waals surface area contributed by atoms with Gasteiger partial charge in [-0.2, -0.15) is 0 Å². The summed E-state index contributed by atoms with van der Waals surface area (Å²) in [5, 5.41) is 3.76. The molecule has 2 aromatic rings. The van der Waals surface area contributed by atoms with Gasteiger partial charge in [0.25, 0.3) is 5.91 Å². The number of hydrogen-bond acceptors (Lipinski definition) is 7. The first-order valence-corrected chi connectivity index (χ1v) is 11.3. The van der Waals surface area contributed by atoms with Crippen molar-refractivity contribution in [3.05, 3.63) is 41.0 Å². The quantitative estimate of drug-likeness (QED) is 0.591. The second-order valence-corrected chi connectivity index (χ2v) is 8.07. The van der Waals surface area contributed by atoms with E-state index in [1.165, 1.54) is 18.1 Å². The molecule has 0 spiro atoms. The van der Waals surface area contributed by atoms with E-state index in [-0.39, 0.29) is 44.1 Å². The summed E-state index contributed by atoms with van der Waals surface area (Å²) < 4.78 is 9.68. The van der Waals surface area contributed by atoms with E-state index in [2.05, 4.69) is 15.0 Å². The van der Waals surface area contributed by atoms with Gasteiger partial charge in [0.05, 0.1) is 24.3 Å². The molecule has 10 nitrogen and oxygen atoms in total. The van der Waals surface area contributed by atoms with Crippen LogP contribution < -0.4 is 5.32 Å². The first kappa shape index (κ1) is 25.2. The maximum atomic E-state index is 13.2. The fourth-order valence-corrected chi connectivity index (χ4v) is 3.91. The Morgan fingerprint density at radius 2 is 1.79 bits per heavy atom. The molecule has 3 rings (SSSR count). The Morgan fingerprint density at radius 1 is 1.12 bits per heavy atom. The zero-order valence-electron chi connectivity index (χ0n) is 19.1. The number of carbonyl (C=O) groups is 4. The Kier molecular flexibility index (Phi) is 8.64. The number of ether oxygens (including phenoxy) is 2. The Morgan fingerprint density at radius 3 is 2.47 bits per heavy atom. The number of methoxy groups -OCH3 is 1. The minimum Gasteiger partial charge on any atom is -0.469 e. The standard InChI is InChI=1S/C23H27ClN4O6/c1-3-34-23(32)28-12-10-27(11-13-28)22(31)18(8-9-20(29)33-2)26-21(30)19-14-16(24)15-6-4-5-7-17(15)25-19/h4-7,14,18H,3,8-13H2,1-2H3,(H,26,30). The molecule has 0 aliphatic carbocycles. The highest BCUT2D eigenvalue weighted by Crippen LogP contribution is 2.23. The molecule has 182 valence electrons. The molecular weight excluding hydrogens is 464 g/mol. The average molecular weight is 491 g/mol. The number of benzene rings is 1. The number of esters is 1. The van der Waals surface area contributed by atoms with Gasteiger partial charge < -0.3 is 24.6 Å². The molecule has 11 heteroatoms. The van der Waals surface area contributed by atoms with E-state index in [1.54, 1.807) is 30.0 Å². The molecule has 3 amide bonds. The Bertz CT molecular complexity index is 1070. The van der Waals surface area contributed by atoms with Gasteiger partial charge >= 0.3 is 12.1 Å². The zero-order chi connectivity index (χ0) is 24.7. The smallest absolute Gasteiger partial charge is 0.409 e. The highest BCUT2D eigenvalue weighted by atomic mass is 35.5. The summed E-state index contributed by atoms with van der Waals surface area (Å²) >= 11 is 6.31. The van der Waals surface area contributed by atoms with Crippen molar-refractivity contribution in [2.24, 2.45) is 0 Å². The first-order valence-electron chi connectivity index (χ1n) is 11.0. The minimum atomic E-state index is -0.979. The molecule has 1 aliphatic rings. The van der Waals surface area contributed by atoms with E-state index in [1.807, 2.05) is 6.07 Å². The minimum absolute atomic E-state index is 0.0522. The molecule has 1 fully saturated rings. The predicted molar refractivity (Wildman–Crippen MR) is 124 cm³/mol. The lowest BCUT2D eigenvalue weighted by molar-refractivity contribution is -0.141. The van der Waals surface area contributed by atoms with E-state index in [9.17, 15) is 19.2 Å². The number of aromatic nitrogens is 1. The zero-order valence-corrected chi connectivity index (χ0v) is 19.8. The van der Waals surface area contributed by atoms with Gasteiger partial charge in [-0.3, -0.25) is 14.4 Å². The van der Waals surface area contributed by atoms with E-state index < -0.39 is 24.0 Å². The van der Waals surface area contributed by atoms with E-state index in [0.717, 1.165) is 0 Å². The number of halogens is 1. The van der Waals surface area contributed by atoms with Crippen LogP contribution in [0.3, 0.4) is 0 Å². The molecule has 0 saturated carbocycles. The lowest BCUT2D eigenvalue weighted by Gasteiger charge is -2.36. The topological polar surface area (TPSA) is 118 Å². The van der Waals surface area contributed by atoms with Gasteiger partial charge in [-0.05, 0) is 25.5 Å². The van der Waals surface area contributed by atoms with Crippen LogP contribution in [0.15, 0.2) is 30.3 Å². The fraction of sp³-hybridized carbons (Fsp3) is 0.435. The number of pyridine rings is 1. The third kappa shape index (κ3) is 6.13. The third-order valence-corrected chi connectivity index (χ3v) is 5.80. The largest absolute Gasteiger partial charge is 0.469 e. The number of amides is 3. The highest BCUT2D eigenvalue weighted by Gasteiger charge is 2.31. The van der Waals surface area contributed by atoms with Crippen LogP contribution in [0.4, 0.5) is 4.79 Å². The summed E-state index contributed by atoms with van der Waals surface area (Å²) in [6.45, 7) is 3.18. The normalized spacial score (nSPS) is 14.4. The number of para-hydroxylation sites is 1. The van der Waals surface area contributed by atoms with Gasteiger partial charge in [0.2, 0.25) is 5.91 Å². The number of piperazine rings is 1. The van der Waals surface area contributed by atoms with Crippen LogP contribution in [-0.4, -0.2) is 84.6 Å². The molecule has 1 aromatic heterocycles. The van der Waals surface area contributed by atoms with Gasteiger partial charge in [0.15, 0.2) is 0 Å². The molecule has 1 atom stereocenters. The van der Waals surface area contributed by atoms with Crippen molar-refractivity contribution >= 4 is 46.4 Å². The number of nitrogens with one attached hydrogen (secondary N) is 1. The molecule has 34 heavy (non-hydrogen) atoms. The maximum absolute atomic E-state index is 13.2. The molecule has 1 aliphatic heterocycles. The number of hydrogen-bond donors (Lipinski definition) is 1. The molecule has 1 saturated heterocycles. The van der Waals surface area contributed by atoms with E-state index in [4.69, 9.17) is 16.3 Å². The van der Waals surface area contributed by atoms with Gasteiger partial charge in [-0.1, -0.05) is 29.8 Å². The maximum Gasteiger partial charge on any atom is 0.409 e. The summed E-state index contributed by atoms with van der Waals surface area (Å²) in [6.07, 6.45) is -0.428. The van der Waals surface area contributed by atoms with Crippen molar-refractivity contribution in [2.45, 2.75) is 25.8 Å². The van der Waals surface area contributed by atoms with Crippen molar-refractivity contribution in [2.75, 3.05) is 39.9 Å². The van der Waals surface area contributed by atoms with Gasteiger partial charge in [0.1, 0.15) is 11.7 Å². The molecular formula is C23H27ClN4O6. The molecule has 2 heterocycles. The van der Waals surface area contributed by atoms with Crippen molar-refractivity contribution in [1.82, 2.24) is 20.1 Å². The second kappa shape index (κ2) is 11.6. The molecule has 0 bridgehead atoms. The van der Waals surface area contributed by atoms with Crippen LogP contribution in [0.5, 0.6) is 0 Å². The van der Waals surface area contributed by atoms with Gasteiger partial charge in [-0.15, -0.1) is 0 Å². The van der Waals surface area contributed by atoms with Crippen molar-refractivity contribution in [3.63, 3.8) is 0 Å². The van der Waals surface area contributed by atoms with Gasteiger partial charge in [0, 0.05) is 38.0 Å². The Hall–Kier alpha value is -3.40. The lowest BCUT2D eigenvalue weighted by Crippen LogP contribution is -2.56. The summed E-state index contributed by atoms with van der Waals surface area (Å²) in [6, 6.07) is 7.60. The number of rotatable bonds is 7. The third-order valence-electron chi connectivity index (χ3n) is 5.48. The summed E-state index contributed by atoms with van der Waals surface area (Å²) in [5.74, 6) is -1.43. The summed E-state index contributed by atoms with van der Waals surface area (Å²) in [4.78, 5) is 57.2. The molecule has 1 N–H and O–H groups in total. The van der Waals surface area contributed by atoms with E-state index in [0.29, 0.717) is 29.0 Å². The highest BCUT2D eigenvalue weighted by molar-refractivity contribution is 6.35. The molecule has 1 aromatic carbocycles. The van der Waals surface area contributed by atoms with Crippen LogP contribution in [0.2, 0.25) is 5.02 Å². The second-order valence-electron chi connectivity index (χ2n) is 7.66. The van der Waals surface area contributed by atoms with Crippen LogP contribution in [0.25, 0.3) is 10.9 Å². The van der Waals surface area contributed by atoms with Crippen LogP contribution in [-0.2, 0) is 19.1 Å². The number of fused-ring (bicyclic) bond motifs is 1.